The topological polar surface area (TPSA) is 17.1 Å². The summed E-state index contributed by atoms with van der Waals surface area (Å²) >= 11 is 0. The summed E-state index contributed by atoms with van der Waals surface area (Å²) in [6.07, 6.45) is 12.6. The third kappa shape index (κ3) is 17.2. The van der Waals surface area contributed by atoms with Gasteiger partial charge in [-0.2, -0.15) is 0 Å². The Bertz CT molecular complexity index is 1970. The largest absolute Gasteiger partial charge is 0.294 e. The molecule has 3 aliphatic rings. The fraction of sp³-hybridized carbons (Fsp3) is 0.109. The molecule has 2 bridgehead atoms. The second kappa shape index (κ2) is 20.6. The average Bonchev–Trinajstić information content (AvgIpc) is 3.22. The van der Waals surface area contributed by atoms with Gasteiger partial charge in [-0.15, -0.1) is 0 Å². The fourth-order valence-corrected chi connectivity index (χ4v) is 10.6. The van der Waals surface area contributed by atoms with E-state index in [0.29, 0.717) is 6.16 Å². The molecule has 0 unspecified atom stereocenters. The molecule has 0 spiro atoms. The van der Waals surface area contributed by atoms with Gasteiger partial charge in [-0.1, -0.05) is 206 Å². The van der Waals surface area contributed by atoms with Crippen LogP contribution in [0.4, 0.5) is 25.2 Å². The number of hydrogen-bond donors (Lipinski definition) is 0. The maximum atomic E-state index is 12.6. The molecule has 11 heteroatoms. The van der Waals surface area contributed by atoms with E-state index in [9.17, 15) is 30.0 Å². The molecule has 6 aromatic rings. The number of ketones is 1. The van der Waals surface area contributed by atoms with Gasteiger partial charge in [0.05, 0.1) is 0 Å². The molecule has 0 atom stereocenters. The van der Waals surface area contributed by atoms with Crippen LogP contribution >= 0.6 is 23.7 Å². The average molecular weight is 921 g/mol. The number of fused-ring (bicyclic) bond motifs is 1. The molecule has 0 heterocycles. The van der Waals surface area contributed by atoms with Crippen molar-refractivity contribution in [3.05, 3.63) is 212 Å². The molecule has 299 valence electrons. The van der Waals surface area contributed by atoms with E-state index in [0.717, 1.165) is 17.4 Å². The van der Waals surface area contributed by atoms with Gasteiger partial charge in [0, 0.05) is 31.2 Å². The summed E-state index contributed by atoms with van der Waals surface area (Å²) in [7, 11) is -11.8. The van der Waals surface area contributed by atoms with Crippen LogP contribution in [0.2, 0.25) is 0 Å². The van der Waals surface area contributed by atoms with Crippen LogP contribution in [0, 0.1) is 11.8 Å². The third-order valence-corrected chi connectivity index (χ3v) is 13.5. The fourth-order valence-electron chi connectivity index (χ4n) is 6.05. The van der Waals surface area contributed by atoms with Crippen LogP contribution in [0.3, 0.4) is 0 Å². The van der Waals surface area contributed by atoms with Gasteiger partial charge < -0.3 is 0 Å². The smallest absolute Gasteiger partial charge is 0.167 e. The molecular formula is C46H42F6OP3Rh-. The second-order valence-corrected chi connectivity index (χ2v) is 19.4. The first kappa shape index (κ1) is 45.7. The van der Waals surface area contributed by atoms with Crippen molar-refractivity contribution in [1.82, 2.24) is 0 Å². The quantitative estimate of drug-likeness (QED) is 0.0489. The van der Waals surface area contributed by atoms with Gasteiger partial charge in [-0.05, 0) is 67.0 Å². The predicted molar refractivity (Wildman–Crippen MR) is 228 cm³/mol. The Morgan fingerprint density at radius 2 is 0.684 bits per heavy atom. The van der Waals surface area contributed by atoms with Gasteiger partial charge in [0.1, 0.15) is 0 Å². The molecular weight excluding hydrogens is 878 g/mol. The summed E-state index contributed by atoms with van der Waals surface area (Å²) in [4.78, 5) is 12.6. The molecule has 0 amide bonds. The zero-order valence-corrected chi connectivity index (χ0v) is 35.1. The number of allylic oxidation sites excluding steroid dienone is 4. The summed E-state index contributed by atoms with van der Waals surface area (Å²) < 4.78 is 59.2. The normalized spacial score (nSPS) is 16.2. The van der Waals surface area contributed by atoms with E-state index < -0.39 is 23.7 Å². The molecule has 0 fully saturated rings. The standard InChI is InChI=1S/C20H17OP.C18H15P.C8H10.F6P.Rh/c21-20(17-10-4-1-5-11-17)16-22(18-12-6-2-7-13-18)19-14-8-3-9-15-19;1-4-10-16(11-5-1)19(17-12-6-2-7-13-17)18-14-8-3-9-15-18;1-2-8-5-3-7(1)4-6-8;1-7(2,3,4,5)6;/h1-15H,16H2;1-15H;1-3,5,7-8H,4,6H2;;/q;;;-1;. The Morgan fingerprint density at radius 1 is 0.439 bits per heavy atom. The molecule has 9 rings (SSSR count). The molecule has 0 saturated carbocycles. The molecule has 57 heavy (non-hydrogen) atoms. The molecule has 0 aromatic heterocycles. The van der Waals surface area contributed by atoms with Crippen molar-refractivity contribution < 1.29 is 49.5 Å². The molecule has 1 nitrogen and oxygen atoms in total. The second-order valence-electron chi connectivity index (χ2n) is 13.0. The van der Waals surface area contributed by atoms with Gasteiger partial charge in [0.2, 0.25) is 0 Å². The summed E-state index contributed by atoms with van der Waals surface area (Å²) in [6.45, 7) is 0. The van der Waals surface area contributed by atoms with Crippen LogP contribution in [0.15, 0.2) is 206 Å². The van der Waals surface area contributed by atoms with Crippen LogP contribution in [0.25, 0.3) is 0 Å². The minimum Gasteiger partial charge on any atom is -0.294 e. The summed E-state index contributed by atoms with van der Waals surface area (Å²) in [6, 6.07) is 62.6. The first-order valence-electron chi connectivity index (χ1n) is 18.0. The zero-order chi connectivity index (χ0) is 39.9. The molecule has 0 aliphatic heterocycles. The SMILES string of the molecule is C1=CC2C=CC1CC2.F[P-](F)(F)(F)(F)F.O=C(CP(c1ccccc1)c1ccccc1)c1ccccc1.[Rh].c1ccc(P(c2ccccc2)c2ccccc2)cc1. The van der Waals surface area contributed by atoms with Crippen LogP contribution in [-0.4, -0.2) is 11.9 Å². The van der Waals surface area contributed by atoms with Crippen molar-refractivity contribution in [2.45, 2.75) is 12.8 Å². The Balaban J connectivity index is 0.000000185. The predicted octanol–water partition coefficient (Wildman–Crippen LogP) is 13.0. The molecule has 3 aliphatic carbocycles. The maximum Gasteiger partial charge on any atom is 0.167 e. The van der Waals surface area contributed by atoms with E-state index in [1.807, 2.05) is 66.7 Å². The Hall–Kier alpha value is -4.04. The van der Waals surface area contributed by atoms with E-state index in [-0.39, 0.29) is 25.3 Å². The Morgan fingerprint density at radius 3 is 0.930 bits per heavy atom. The number of hydrogen-bond acceptors (Lipinski definition) is 1. The van der Waals surface area contributed by atoms with Crippen LogP contribution in [0.5, 0.6) is 0 Å². The van der Waals surface area contributed by atoms with Crippen molar-refractivity contribution in [1.29, 1.82) is 0 Å². The van der Waals surface area contributed by atoms with Gasteiger partial charge in [0.15, 0.2) is 5.78 Å². The molecule has 1 radical (unpaired) electrons. The van der Waals surface area contributed by atoms with Gasteiger partial charge >= 0.3 is 33.0 Å². The number of benzene rings is 6. The maximum absolute atomic E-state index is 12.6. The summed E-state index contributed by atoms with van der Waals surface area (Å²) in [5, 5.41) is 6.68. The van der Waals surface area contributed by atoms with Gasteiger partial charge in [-0.25, -0.2) is 0 Å². The first-order valence-corrected chi connectivity index (χ1v) is 22.9. The minimum atomic E-state index is -10.7. The number of Topliss-reactive ketones (excluding diaryl/α,β-unsaturated/α-hetero) is 1. The van der Waals surface area contributed by atoms with Crippen molar-refractivity contribution in [3.63, 3.8) is 0 Å². The van der Waals surface area contributed by atoms with Crippen molar-refractivity contribution in [2.24, 2.45) is 11.8 Å². The van der Waals surface area contributed by atoms with E-state index in [2.05, 4.69) is 140 Å². The molecule has 0 saturated heterocycles. The van der Waals surface area contributed by atoms with E-state index >= 15 is 0 Å². The van der Waals surface area contributed by atoms with Crippen LogP contribution < -0.4 is 26.5 Å². The monoisotopic (exact) mass is 920 g/mol. The van der Waals surface area contributed by atoms with Gasteiger partial charge in [-0.3, -0.25) is 4.79 Å². The third-order valence-electron chi connectivity index (χ3n) is 8.62. The number of carbonyl (C=O) groups is 1. The minimum absolute atomic E-state index is 0. The molecule has 6 aromatic carbocycles. The Labute approximate surface area is 346 Å². The summed E-state index contributed by atoms with van der Waals surface area (Å²) in [5.41, 5.74) is 0.793. The van der Waals surface area contributed by atoms with Crippen molar-refractivity contribution in [2.75, 3.05) is 6.16 Å². The van der Waals surface area contributed by atoms with Crippen molar-refractivity contribution in [3.8, 4) is 0 Å². The number of rotatable bonds is 8. The van der Waals surface area contributed by atoms with Crippen LogP contribution in [0.1, 0.15) is 23.2 Å². The number of carbonyl (C=O) groups excluding carboxylic acids is 1. The van der Waals surface area contributed by atoms with E-state index in [1.54, 1.807) is 0 Å². The Kier molecular flexibility index (Phi) is 16.5. The van der Waals surface area contributed by atoms with Crippen LogP contribution in [-0.2, 0) is 19.5 Å². The number of halogens is 6. The summed E-state index contributed by atoms with van der Waals surface area (Å²) in [5.74, 6) is 1.79. The van der Waals surface area contributed by atoms with E-state index in [1.165, 1.54) is 39.4 Å². The van der Waals surface area contributed by atoms with Crippen molar-refractivity contribution >= 4 is 56.0 Å². The molecule has 0 N–H and O–H groups in total. The van der Waals surface area contributed by atoms with Gasteiger partial charge in [0.25, 0.3) is 0 Å². The zero-order valence-electron chi connectivity index (χ0n) is 30.8. The first-order chi connectivity index (χ1) is 26.7. The van der Waals surface area contributed by atoms with E-state index in [4.69, 9.17) is 0 Å².